The van der Waals surface area contributed by atoms with E-state index in [4.69, 9.17) is 11.6 Å². The number of benzene rings is 1. The van der Waals surface area contributed by atoms with E-state index >= 15 is 0 Å². The van der Waals surface area contributed by atoms with Gasteiger partial charge in [-0.15, -0.1) is 0 Å². The zero-order valence-corrected chi connectivity index (χ0v) is 9.77. The minimum absolute atomic E-state index is 0.159. The van der Waals surface area contributed by atoms with Crippen molar-refractivity contribution in [3.63, 3.8) is 0 Å². The van der Waals surface area contributed by atoms with Crippen LogP contribution in [0.5, 0.6) is 0 Å². The number of ketones is 1. The van der Waals surface area contributed by atoms with Crippen LogP contribution in [0.1, 0.15) is 36.7 Å². The summed E-state index contributed by atoms with van der Waals surface area (Å²) in [5.41, 5.74) is 1.37. The van der Waals surface area contributed by atoms with E-state index in [0.717, 1.165) is 11.1 Å². The van der Waals surface area contributed by atoms with E-state index < -0.39 is 0 Å². The van der Waals surface area contributed by atoms with Gasteiger partial charge in [-0.25, -0.2) is 0 Å². The second-order valence-corrected chi connectivity index (χ2v) is 4.97. The molecule has 76 valence electrons. The molecule has 1 nitrogen and oxygen atoms in total. The highest BCUT2D eigenvalue weighted by Gasteiger charge is 2.23. The fourth-order valence-corrected chi connectivity index (χ4v) is 1.51. The Morgan fingerprint density at radius 3 is 2.29 bits per heavy atom. The van der Waals surface area contributed by atoms with Gasteiger partial charge in [0.25, 0.3) is 0 Å². The topological polar surface area (TPSA) is 17.1 Å². The fraction of sp³-hybridized carbons (Fsp3) is 0.417. The van der Waals surface area contributed by atoms with E-state index in [1.807, 2.05) is 33.8 Å². The summed E-state index contributed by atoms with van der Waals surface area (Å²) in [6.45, 7) is 7.67. The van der Waals surface area contributed by atoms with Gasteiger partial charge in [-0.3, -0.25) is 4.79 Å². The summed E-state index contributed by atoms with van der Waals surface area (Å²) >= 11 is 5.82. The molecule has 0 atom stereocenters. The number of hydrogen-bond acceptors (Lipinski definition) is 1. The molecule has 0 bridgehead atoms. The predicted octanol–water partition coefficient (Wildman–Crippen LogP) is 3.88. The minimum Gasteiger partial charge on any atom is -0.294 e. The average molecular weight is 211 g/mol. The SMILES string of the molecule is Cc1cc(Cl)ccc1C(=O)C(C)(C)C. The smallest absolute Gasteiger partial charge is 0.168 e. The van der Waals surface area contributed by atoms with Crippen LogP contribution in [0.4, 0.5) is 0 Å². The summed E-state index contributed by atoms with van der Waals surface area (Å²) in [5, 5.41) is 0.674. The number of Topliss-reactive ketones (excluding diaryl/α,β-unsaturated/α-hetero) is 1. The first-order chi connectivity index (χ1) is 6.32. The number of aryl methyl sites for hydroxylation is 1. The van der Waals surface area contributed by atoms with E-state index in [9.17, 15) is 4.79 Å². The molecule has 0 fully saturated rings. The zero-order chi connectivity index (χ0) is 10.9. The lowest BCUT2D eigenvalue weighted by Crippen LogP contribution is -2.21. The van der Waals surface area contributed by atoms with Crippen LogP contribution in [0.15, 0.2) is 18.2 Å². The largest absolute Gasteiger partial charge is 0.294 e. The van der Waals surface area contributed by atoms with Crippen molar-refractivity contribution in [1.29, 1.82) is 0 Å². The van der Waals surface area contributed by atoms with Gasteiger partial charge in [-0.1, -0.05) is 32.4 Å². The molecule has 1 aromatic rings. The van der Waals surface area contributed by atoms with E-state index in [1.165, 1.54) is 0 Å². The van der Waals surface area contributed by atoms with Crippen molar-refractivity contribution in [3.8, 4) is 0 Å². The van der Waals surface area contributed by atoms with E-state index in [2.05, 4.69) is 0 Å². The van der Waals surface area contributed by atoms with Crippen LogP contribution in [0.2, 0.25) is 5.02 Å². The molecule has 0 radical (unpaired) electrons. The van der Waals surface area contributed by atoms with Crippen LogP contribution >= 0.6 is 11.6 Å². The first-order valence-electron chi connectivity index (χ1n) is 4.63. The molecule has 0 aromatic heterocycles. The molecule has 0 aliphatic heterocycles. The molecular weight excluding hydrogens is 196 g/mol. The lowest BCUT2D eigenvalue weighted by Gasteiger charge is -2.18. The first kappa shape index (κ1) is 11.3. The van der Waals surface area contributed by atoms with E-state index in [0.29, 0.717) is 5.02 Å². The van der Waals surface area contributed by atoms with Gasteiger partial charge in [-0.2, -0.15) is 0 Å². The molecule has 0 spiro atoms. The van der Waals surface area contributed by atoms with Crippen molar-refractivity contribution in [1.82, 2.24) is 0 Å². The third kappa shape index (κ3) is 2.36. The zero-order valence-electron chi connectivity index (χ0n) is 9.02. The molecule has 1 rings (SSSR count). The van der Waals surface area contributed by atoms with Crippen molar-refractivity contribution in [3.05, 3.63) is 34.3 Å². The molecular formula is C12H15ClO. The number of rotatable bonds is 1. The summed E-state index contributed by atoms with van der Waals surface area (Å²) < 4.78 is 0. The Kier molecular flexibility index (Phi) is 3.01. The third-order valence-electron chi connectivity index (χ3n) is 2.11. The third-order valence-corrected chi connectivity index (χ3v) is 2.35. The number of carbonyl (C=O) groups is 1. The molecule has 14 heavy (non-hydrogen) atoms. The van der Waals surface area contributed by atoms with Crippen molar-refractivity contribution in [2.24, 2.45) is 5.41 Å². The summed E-state index contributed by atoms with van der Waals surface area (Å²) in [7, 11) is 0. The van der Waals surface area contributed by atoms with E-state index in [-0.39, 0.29) is 11.2 Å². The van der Waals surface area contributed by atoms with Crippen LogP contribution in [-0.4, -0.2) is 5.78 Å². The number of carbonyl (C=O) groups excluding carboxylic acids is 1. The van der Waals surface area contributed by atoms with Crippen LogP contribution in [0.25, 0.3) is 0 Å². The highest BCUT2D eigenvalue weighted by molar-refractivity contribution is 6.30. The fourth-order valence-electron chi connectivity index (χ4n) is 1.29. The van der Waals surface area contributed by atoms with Gasteiger partial charge in [0.05, 0.1) is 0 Å². The van der Waals surface area contributed by atoms with Crippen LogP contribution in [-0.2, 0) is 0 Å². The molecule has 2 heteroatoms. The minimum atomic E-state index is -0.335. The van der Waals surface area contributed by atoms with Gasteiger partial charge in [0.15, 0.2) is 5.78 Å². The summed E-state index contributed by atoms with van der Waals surface area (Å²) in [5.74, 6) is 0.159. The number of halogens is 1. The molecule has 0 unspecified atom stereocenters. The molecule has 0 amide bonds. The van der Waals surface area contributed by atoms with Gasteiger partial charge in [0.1, 0.15) is 0 Å². The molecule has 0 saturated heterocycles. The summed E-state index contributed by atoms with van der Waals surface area (Å²) in [6.07, 6.45) is 0. The second kappa shape index (κ2) is 3.74. The van der Waals surface area contributed by atoms with Crippen molar-refractivity contribution < 1.29 is 4.79 Å². The second-order valence-electron chi connectivity index (χ2n) is 4.54. The van der Waals surface area contributed by atoms with Crippen LogP contribution < -0.4 is 0 Å². The maximum Gasteiger partial charge on any atom is 0.168 e. The Morgan fingerprint density at radius 2 is 1.86 bits per heavy atom. The molecule has 1 aromatic carbocycles. The molecule has 0 aliphatic rings. The summed E-state index contributed by atoms with van der Waals surface area (Å²) in [6, 6.07) is 5.37. The normalized spacial score (nSPS) is 11.5. The Balaban J connectivity index is 3.15. The van der Waals surface area contributed by atoms with Crippen molar-refractivity contribution >= 4 is 17.4 Å². The first-order valence-corrected chi connectivity index (χ1v) is 5.01. The predicted molar refractivity (Wildman–Crippen MR) is 60.0 cm³/mol. The van der Waals surface area contributed by atoms with Gasteiger partial charge in [0.2, 0.25) is 0 Å². The lowest BCUT2D eigenvalue weighted by atomic mass is 9.85. The average Bonchev–Trinajstić information content (AvgIpc) is 2.01. The van der Waals surface area contributed by atoms with E-state index in [1.54, 1.807) is 12.1 Å². The van der Waals surface area contributed by atoms with Crippen LogP contribution in [0, 0.1) is 12.3 Å². The van der Waals surface area contributed by atoms with Gasteiger partial charge in [0, 0.05) is 16.0 Å². The molecule has 0 aliphatic carbocycles. The Hall–Kier alpha value is -0.820. The highest BCUT2D eigenvalue weighted by atomic mass is 35.5. The standard InChI is InChI=1S/C12H15ClO/c1-8-7-9(13)5-6-10(8)11(14)12(2,3)4/h5-7H,1-4H3. The Bertz CT molecular complexity index is 361. The summed E-state index contributed by atoms with van der Waals surface area (Å²) in [4.78, 5) is 12.0. The molecule has 0 heterocycles. The highest BCUT2D eigenvalue weighted by Crippen LogP contribution is 2.24. The maximum absolute atomic E-state index is 12.0. The monoisotopic (exact) mass is 210 g/mol. The Labute approximate surface area is 90.1 Å². The van der Waals surface area contributed by atoms with Gasteiger partial charge in [-0.05, 0) is 30.7 Å². The van der Waals surface area contributed by atoms with Gasteiger partial charge >= 0.3 is 0 Å². The lowest BCUT2D eigenvalue weighted by molar-refractivity contribution is 0.0857. The molecule has 0 N–H and O–H groups in total. The van der Waals surface area contributed by atoms with Crippen molar-refractivity contribution in [2.75, 3.05) is 0 Å². The van der Waals surface area contributed by atoms with Crippen molar-refractivity contribution in [2.45, 2.75) is 27.7 Å². The number of hydrogen-bond donors (Lipinski definition) is 0. The molecule has 0 saturated carbocycles. The van der Waals surface area contributed by atoms with Crippen LogP contribution in [0.3, 0.4) is 0 Å². The maximum atomic E-state index is 12.0. The Morgan fingerprint density at radius 1 is 1.29 bits per heavy atom. The van der Waals surface area contributed by atoms with Gasteiger partial charge < -0.3 is 0 Å². The quantitative estimate of drug-likeness (QED) is 0.643.